The zero-order valence-corrected chi connectivity index (χ0v) is 15.1. The van der Waals surface area contributed by atoms with Crippen molar-refractivity contribution in [2.24, 2.45) is 11.7 Å². The summed E-state index contributed by atoms with van der Waals surface area (Å²) in [6, 6.07) is -0.136. The number of hydrogen-bond acceptors (Lipinski definition) is 4. The molecular formula is C17H30ClN3O3. The summed E-state index contributed by atoms with van der Waals surface area (Å²) in [7, 11) is 0. The van der Waals surface area contributed by atoms with Crippen LogP contribution in [0, 0.1) is 5.92 Å². The monoisotopic (exact) mass is 359 g/mol. The lowest BCUT2D eigenvalue weighted by Gasteiger charge is -2.41. The van der Waals surface area contributed by atoms with E-state index in [1.807, 2.05) is 9.80 Å². The number of halogens is 1. The molecule has 0 radical (unpaired) electrons. The highest BCUT2D eigenvalue weighted by Crippen LogP contribution is 2.28. The summed E-state index contributed by atoms with van der Waals surface area (Å²) < 4.78 is 5.33. The zero-order chi connectivity index (χ0) is 16.2. The first kappa shape index (κ1) is 19.5. The molecule has 1 aliphatic carbocycles. The van der Waals surface area contributed by atoms with E-state index in [0.29, 0.717) is 32.8 Å². The highest BCUT2D eigenvalue weighted by Gasteiger charge is 2.38. The number of nitrogens with zero attached hydrogens (tertiary/aromatic N) is 2. The molecule has 0 bridgehead atoms. The summed E-state index contributed by atoms with van der Waals surface area (Å²) in [5, 5.41) is 0. The predicted molar refractivity (Wildman–Crippen MR) is 93.9 cm³/mol. The summed E-state index contributed by atoms with van der Waals surface area (Å²) in [4.78, 5) is 29.6. The van der Waals surface area contributed by atoms with Crippen molar-refractivity contribution >= 4 is 24.2 Å². The second-order valence-electron chi connectivity index (χ2n) is 7.10. The van der Waals surface area contributed by atoms with Gasteiger partial charge in [-0.25, -0.2) is 0 Å². The van der Waals surface area contributed by atoms with Gasteiger partial charge in [-0.15, -0.1) is 12.4 Å². The molecule has 0 aromatic carbocycles. The SMILES string of the molecule is Cl.NC1CCCC(C(=O)N2CCCCC2C(=O)N2CCOCC2)C1. The first-order valence-corrected chi connectivity index (χ1v) is 9.09. The fraction of sp³-hybridized carbons (Fsp3) is 0.882. The van der Waals surface area contributed by atoms with E-state index in [1.54, 1.807) is 0 Å². The van der Waals surface area contributed by atoms with Crippen LogP contribution in [0.1, 0.15) is 44.9 Å². The Kier molecular flexibility index (Phi) is 7.32. The number of ether oxygens (including phenoxy) is 1. The van der Waals surface area contributed by atoms with Gasteiger partial charge in [-0.1, -0.05) is 6.42 Å². The highest BCUT2D eigenvalue weighted by atomic mass is 35.5. The molecule has 3 aliphatic rings. The number of rotatable bonds is 2. The maximum atomic E-state index is 13.0. The average molecular weight is 360 g/mol. The molecule has 2 amide bonds. The minimum atomic E-state index is -0.271. The van der Waals surface area contributed by atoms with Crippen molar-refractivity contribution in [2.45, 2.75) is 57.0 Å². The standard InChI is InChI=1S/C17H29N3O3.ClH/c18-14-5-3-4-13(12-14)16(21)20-7-2-1-6-15(20)17(22)19-8-10-23-11-9-19;/h13-15H,1-12,18H2;1H. The molecule has 7 heteroatoms. The van der Waals surface area contributed by atoms with Gasteiger partial charge in [-0.3, -0.25) is 9.59 Å². The molecule has 2 saturated heterocycles. The molecule has 2 heterocycles. The molecule has 24 heavy (non-hydrogen) atoms. The number of likely N-dealkylation sites (tertiary alicyclic amines) is 1. The fourth-order valence-electron chi connectivity index (χ4n) is 4.13. The highest BCUT2D eigenvalue weighted by molar-refractivity contribution is 5.89. The maximum absolute atomic E-state index is 13.0. The van der Waals surface area contributed by atoms with Crippen molar-refractivity contribution in [3.8, 4) is 0 Å². The van der Waals surface area contributed by atoms with E-state index in [2.05, 4.69) is 0 Å². The lowest BCUT2D eigenvalue weighted by atomic mass is 9.84. The zero-order valence-electron chi connectivity index (χ0n) is 14.3. The third-order valence-electron chi connectivity index (χ3n) is 5.46. The molecule has 3 rings (SSSR count). The average Bonchev–Trinajstić information content (AvgIpc) is 2.61. The van der Waals surface area contributed by atoms with Crippen molar-refractivity contribution in [2.75, 3.05) is 32.8 Å². The van der Waals surface area contributed by atoms with Gasteiger partial charge in [0.05, 0.1) is 13.2 Å². The Hall–Kier alpha value is -0.850. The Labute approximate surface area is 150 Å². The molecule has 3 atom stereocenters. The van der Waals surface area contributed by atoms with Gasteiger partial charge in [0, 0.05) is 31.6 Å². The van der Waals surface area contributed by atoms with E-state index in [0.717, 1.165) is 44.9 Å². The third kappa shape index (κ3) is 4.41. The summed E-state index contributed by atoms with van der Waals surface area (Å²) in [5.41, 5.74) is 6.04. The Balaban J connectivity index is 0.00000208. The van der Waals surface area contributed by atoms with Gasteiger partial charge in [0.2, 0.25) is 11.8 Å². The normalized spacial score (nSPS) is 31.3. The molecule has 1 saturated carbocycles. The van der Waals surface area contributed by atoms with Gasteiger partial charge >= 0.3 is 0 Å². The number of carbonyl (C=O) groups is 2. The van der Waals surface area contributed by atoms with Crippen molar-refractivity contribution in [1.29, 1.82) is 0 Å². The number of carbonyl (C=O) groups excluding carboxylic acids is 2. The second-order valence-corrected chi connectivity index (χ2v) is 7.10. The third-order valence-corrected chi connectivity index (χ3v) is 5.46. The largest absolute Gasteiger partial charge is 0.378 e. The quantitative estimate of drug-likeness (QED) is 0.802. The number of hydrogen-bond donors (Lipinski definition) is 1. The van der Waals surface area contributed by atoms with Crippen molar-refractivity contribution in [3.63, 3.8) is 0 Å². The molecule has 0 aromatic heterocycles. The van der Waals surface area contributed by atoms with E-state index in [9.17, 15) is 9.59 Å². The van der Waals surface area contributed by atoms with Crippen LogP contribution in [0.3, 0.4) is 0 Å². The van der Waals surface area contributed by atoms with Gasteiger partial charge in [-0.2, -0.15) is 0 Å². The van der Waals surface area contributed by atoms with Crippen LogP contribution >= 0.6 is 12.4 Å². The van der Waals surface area contributed by atoms with Crippen LogP contribution in [-0.4, -0.2) is 66.5 Å². The van der Waals surface area contributed by atoms with Crippen molar-refractivity contribution in [3.05, 3.63) is 0 Å². The Morgan fingerprint density at radius 3 is 2.38 bits per heavy atom. The van der Waals surface area contributed by atoms with E-state index >= 15 is 0 Å². The molecule has 2 N–H and O–H groups in total. The number of morpholine rings is 1. The lowest BCUT2D eigenvalue weighted by molar-refractivity contribution is -0.152. The number of piperidine rings is 1. The first-order valence-electron chi connectivity index (χ1n) is 9.09. The molecule has 2 aliphatic heterocycles. The van der Waals surface area contributed by atoms with Gasteiger partial charge < -0.3 is 20.3 Å². The molecular weight excluding hydrogens is 330 g/mol. The minimum Gasteiger partial charge on any atom is -0.378 e. The Morgan fingerprint density at radius 2 is 1.67 bits per heavy atom. The molecule has 3 fully saturated rings. The van der Waals surface area contributed by atoms with Crippen molar-refractivity contribution < 1.29 is 14.3 Å². The first-order chi connectivity index (χ1) is 11.2. The van der Waals surface area contributed by atoms with Crippen LogP contribution in [0.25, 0.3) is 0 Å². The topological polar surface area (TPSA) is 75.9 Å². The number of nitrogens with two attached hydrogens (primary N) is 1. The van der Waals surface area contributed by atoms with Crippen molar-refractivity contribution in [1.82, 2.24) is 9.80 Å². The second kappa shape index (κ2) is 9.02. The number of amides is 2. The van der Waals surface area contributed by atoms with Gasteiger partial charge in [0.25, 0.3) is 0 Å². The molecule has 138 valence electrons. The van der Waals surface area contributed by atoms with Crippen LogP contribution in [0.5, 0.6) is 0 Å². The van der Waals surface area contributed by atoms with Crippen LogP contribution in [0.2, 0.25) is 0 Å². The van der Waals surface area contributed by atoms with Crippen LogP contribution < -0.4 is 5.73 Å². The maximum Gasteiger partial charge on any atom is 0.245 e. The van der Waals surface area contributed by atoms with E-state index in [1.165, 1.54) is 0 Å². The lowest BCUT2D eigenvalue weighted by Crippen LogP contribution is -2.56. The molecule has 0 spiro atoms. The summed E-state index contributed by atoms with van der Waals surface area (Å²) in [6.07, 6.45) is 6.54. The minimum absolute atomic E-state index is 0. The predicted octanol–water partition coefficient (Wildman–Crippen LogP) is 1.17. The Morgan fingerprint density at radius 1 is 0.917 bits per heavy atom. The van der Waals surface area contributed by atoms with E-state index < -0.39 is 0 Å². The van der Waals surface area contributed by atoms with Gasteiger partial charge in [-0.05, 0) is 38.5 Å². The Bertz CT molecular complexity index is 443. The summed E-state index contributed by atoms with van der Waals surface area (Å²) in [5.74, 6) is 0.282. The van der Waals surface area contributed by atoms with Crippen LogP contribution in [0.4, 0.5) is 0 Å². The van der Waals surface area contributed by atoms with Crippen LogP contribution in [0.15, 0.2) is 0 Å². The van der Waals surface area contributed by atoms with Gasteiger partial charge in [0.1, 0.15) is 6.04 Å². The van der Waals surface area contributed by atoms with E-state index in [4.69, 9.17) is 10.5 Å². The molecule has 0 aromatic rings. The summed E-state index contributed by atoms with van der Waals surface area (Å²) in [6.45, 7) is 3.20. The van der Waals surface area contributed by atoms with E-state index in [-0.39, 0.29) is 42.2 Å². The summed E-state index contributed by atoms with van der Waals surface area (Å²) >= 11 is 0. The molecule has 3 unspecified atom stereocenters. The fourth-order valence-corrected chi connectivity index (χ4v) is 4.13. The van der Waals surface area contributed by atoms with Crippen LogP contribution in [-0.2, 0) is 14.3 Å². The molecule has 6 nitrogen and oxygen atoms in total. The smallest absolute Gasteiger partial charge is 0.245 e. The van der Waals surface area contributed by atoms with Gasteiger partial charge in [0.15, 0.2) is 0 Å².